The number of rotatable bonds is 1. The summed E-state index contributed by atoms with van der Waals surface area (Å²) in [5, 5.41) is 0. The first kappa shape index (κ1) is 12.4. The van der Waals surface area contributed by atoms with Crippen molar-refractivity contribution in [3.05, 3.63) is 11.6 Å². The van der Waals surface area contributed by atoms with Gasteiger partial charge in [0.15, 0.2) is 0 Å². The molecule has 1 aliphatic carbocycles. The molecule has 0 aromatic carbocycles. The average Bonchev–Trinajstić information content (AvgIpc) is 2.15. The molecule has 0 aliphatic heterocycles. The Morgan fingerprint density at radius 1 is 1.13 bits per heavy atom. The Bertz CT molecular complexity index is 271. The predicted molar refractivity (Wildman–Crippen MR) is 67.6 cm³/mol. The largest absolute Gasteiger partial charge is 0.0923 e. The maximum Gasteiger partial charge on any atom is 0.0233 e. The minimum Gasteiger partial charge on any atom is -0.0923 e. The van der Waals surface area contributed by atoms with Crippen molar-refractivity contribution in [3.63, 3.8) is 0 Å². The van der Waals surface area contributed by atoms with Crippen molar-refractivity contribution in [3.8, 4) is 11.8 Å². The van der Waals surface area contributed by atoms with Crippen LogP contribution in [-0.4, -0.2) is 0 Å². The summed E-state index contributed by atoms with van der Waals surface area (Å²) >= 11 is 0. The third-order valence-electron chi connectivity index (χ3n) is 2.77. The smallest absolute Gasteiger partial charge is 0.0233 e. The van der Waals surface area contributed by atoms with Gasteiger partial charge < -0.3 is 0 Å². The van der Waals surface area contributed by atoms with Gasteiger partial charge in [-0.3, -0.25) is 0 Å². The van der Waals surface area contributed by atoms with Crippen molar-refractivity contribution in [2.45, 2.75) is 59.8 Å². The molecule has 1 aliphatic rings. The summed E-state index contributed by atoms with van der Waals surface area (Å²) in [5.41, 5.74) is 1.39. The molecule has 0 heteroatoms. The molecule has 0 heterocycles. The Kier molecular flexibility index (Phi) is 4.45. The van der Waals surface area contributed by atoms with E-state index in [0.29, 0.717) is 0 Å². The lowest BCUT2D eigenvalue weighted by Gasteiger charge is -2.18. The second-order valence-corrected chi connectivity index (χ2v) is 5.75. The number of hydrogen-bond acceptors (Lipinski definition) is 0. The molecule has 0 N–H and O–H groups in total. The zero-order valence-corrected chi connectivity index (χ0v) is 10.7. The predicted octanol–water partition coefficient (Wildman–Crippen LogP) is 4.56. The van der Waals surface area contributed by atoms with Gasteiger partial charge in [-0.2, -0.15) is 0 Å². The summed E-state index contributed by atoms with van der Waals surface area (Å²) in [7, 11) is 0. The highest BCUT2D eigenvalue weighted by Gasteiger charge is 2.10. The molecule has 0 radical (unpaired) electrons. The quantitative estimate of drug-likeness (QED) is 0.549. The lowest BCUT2D eigenvalue weighted by molar-refractivity contribution is 0.418. The van der Waals surface area contributed by atoms with E-state index in [2.05, 4.69) is 45.6 Å². The normalized spacial score (nSPS) is 19.6. The zero-order valence-electron chi connectivity index (χ0n) is 10.7. The third kappa shape index (κ3) is 5.67. The van der Waals surface area contributed by atoms with E-state index >= 15 is 0 Å². The van der Waals surface area contributed by atoms with Crippen LogP contribution in [0.3, 0.4) is 0 Å². The van der Waals surface area contributed by atoms with E-state index in [4.69, 9.17) is 0 Å². The second-order valence-electron chi connectivity index (χ2n) is 5.75. The fraction of sp³-hybridized carbons (Fsp3) is 0.733. The van der Waals surface area contributed by atoms with Gasteiger partial charge in [-0.1, -0.05) is 37.2 Å². The zero-order chi connectivity index (χ0) is 11.3. The van der Waals surface area contributed by atoms with Gasteiger partial charge in [0.2, 0.25) is 0 Å². The lowest BCUT2D eigenvalue weighted by Crippen LogP contribution is -2.03. The monoisotopic (exact) mass is 204 g/mol. The van der Waals surface area contributed by atoms with E-state index < -0.39 is 0 Å². The Morgan fingerprint density at radius 3 is 2.27 bits per heavy atom. The van der Waals surface area contributed by atoms with Gasteiger partial charge in [-0.05, 0) is 52.0 Å². The van der Waals surface area contributed by atoms with Crippen molar-refractivity contribution >= 4 is 0 Å². The SMILES string of the molecule is CC(C#CC(C)(C)C)=CC1CCCCC1. The molecular weight excluding hydrogens is 180 g/mol. The first-order valence-corrected chi connectivity index (χ1v) is 6.19. The van der Waals surface area contributed by atoms with Crippen LogP contribution in [0, 0.1) is 23.2 Å². The highest BCUT2D eigenvalue weighted by molar-refractivity contribution is 5.29. The Labute approximate surface area is 95.2 Å². The van der Waals surface area contributed by atoms with Gasteiger partial charge in [0.05, 0.1) is 0 Å². The van der Waals surface area contributed by atoms with E-state index in [1.165, 1.54) is 37.7 Å². The fourth-order valence-corrected chi connectivity index (χ4v) is 1.98. The highest BCUT2D eigenvalue weighted by atomic mass is 14.2. The van der Waals surface area contributed by atoms with Crippen LogP contribution in [0.1, 0.15) is 59.8 Å². The van der Waals surface area contributed by atoms with Crippen molar-refractivity contribution in [1.29, 1.82) is 0 Å². The molecule has 0 atom stereocenters. The van der Waals surface area contributed by atoms with E-state index in [0.717, 1.165) is 5.92 Å². The minimum atomic E-state index is 0.127. The summed E-state index contributed by atoms with van der Waals surface area (Å²) in [4.78, 5) is 0. The van der Waals surface area contributed by atoms with Crippen LogP contribution in [0.4, 0.5) is 0 Å². The molecular formula is C15H24. The lowest BCUT2D eigenvalue weighted by atomic mass is 9.88. The molecule has 1 fully saturated rings. The van der Waals surface area contributed by atoms with Gasteiger partial charge in [-0.15, -0.1) is 0 Å². The summed E-state index contributed by atoms with van der Waals surface area (Å²) < 4.78 is 0. The Morgan fingerprint density at radius 2 is 1.73 bits per heavy atom. The Balaban J connectivity index is 2.53. The summed E-state index contributed by atoms with van der Waals surface area (Å²) in [6.45, 7) is 8.63. The molecule has 15 heavy (non-hydrogen) atoms. The topological polar surface area (TPSA) is 0 Å². The molecule has 84 valence electrons. The van der Waals surface area contributed by atoms with Gasteiger partial charge in [0, 0.05) is 5.41 Å². The molecule has 0 amide bonds. The van der Waals surface area contributed by atoms with E-state index in [1.807, 2.05) is 0 Å². The van der Waals surface area contributed by atoms with Crippen molar-refractivity contribution < 1.29 is 0 Å². The number of allylic oxidation sites excluding steroid dienone is 2. The second kappa shape index (κ2) is 5.40. The van der Waals surface area contributed by atoms with Crippen LogP contribution in [-0.2, 0) is 0 Å². The van der Waals surface area contributed by atoms with Crippen LogP contribution in [0.5, 0.6) is 0 Å². The van der Waals surface area contributed by atoms with Crippen LogP contribution < -0.4 is 0 Å². The van der Waals surface area contributed by atoms with Crippen LogP contribution in [0.2, 0.25) is 0 Å². The maximum atomic E-state index is 3.29. The highest BCUT2D eigenvalue weighted by Crippen LogP contribution is 2.25. The van der Waals surface area contributed by atoms with Crippen molar-refractivity contribution in [2.75, 3.05) is 0 Å². The summed E-state index contributed by atoms with van der Waals surface area (Å²) in [6, 6.07) is 0. The molecule has 0 saturated heterocycles. The fourth-order valence-electron chi connectivity index (χ4n) is 1.98. The standard InChI is InChI=1S/C15H24/c1-13(10-11-15(2,3)4)12-14-8-6-5-7-9-14/h12,14H,5-9H2,1-4H3. The average molecular weight is 204 g/mol. The summed E-state index contributed by atoms with van der Waals surface area (Å²) in [6.07, 6.45) is 9.36. The van der Waals surface area contributed by atoms with Gasteiger partial charge in [0.1, 0.15) is 0 Å². The molecule has 1 rings (SSSR count). The third-order valence-corrected chi connectivity index (χ3v) is 2.77. The van der Waals surface area contributed by atoms with Gasteiger partial charge >= 0.3 is 0 Å². The maximum absolute atomic E-state index is 3.29. The molecule has 0 aromatic rings. The van der Waals surface area contributed by atoms with E-state index in [9.17, 15) is 0 Å². The van der Waals surface area contributed by atoms with Crippen LogP contribution in [0.15, 0.2) is 11.6 Å². The Hall–Kier alpha value is -0.700. The van der Waals surface area contributed by atoms with Crippen LogP contribution >= 0.6 is 0 Å². The first-order chi connectivity index (χ1) is 6.97. The first-order valence-electron chi connectivity index (χ1n) is 6.19. The van der Waals surface area contributed by atoms with Crippen molar-refractivity contribution in [2.24, 2.45) is 11.3 Å². The van der Waals surface area contributed by atoms with Gasteiger partial charge in [0.25, 0.3) is 0 Å². The van der Waals surface area contributed by atoms with Crippen LogP contribution in [0.25, 0.3) is 0 Å². The number of hydrogen-bond donors (Lipinski definition) is 0. The van der Waals surface area contributed by atoms with Gasteiger partial charge in [-0.25, -0.2) is 0 Å². The van der Waals surface area contributed by atoms with E-state index in [1.54, 1.807) is 0 Å². The molecule has 0 spiro atoms. The molecule has 0 nitrogen and oxygen atoms in total. The van der Waals surface area contributed by atoms with E-state index in [-0.39, 0.29) is 5.41 Å². The summed E-state index contributed by atoms with van der Waals surface area (Å²) in [5.74, 6) is 7.37. The molecule has 0 unspecified atom stereocenters. The molecule has 1 saturated carbocycles. The molecule has 0 bridgehead atoms. The minimum absolute atomic E-state index is 0.127. The molecule has 0 aromatic heterocycles. The van der Waals surface area contributed by atoms with Crippen molar-refractivity contribution in [1.82, 2.24) is 0 Å².